The number of halogens is 1. The predicted molar refractivity (Wildman–Crippen MR) is 79.3 cm³/mol. The average molecular weight is 320 g/mol. The number of aromatic nitrogens is 1. The number of oxazole rings is 1. The maximum Gasteiger partial charge on any atom is 0.360 e. The summed E-state index contributed by atoms with van der Waals surface area (Å²) in [6, 6.07) is 5.54. The van der Waals surface area contributed by atoms with Gasteiger partial charge in [0.15, 0.2) is 5.69 Å². The number of benzene rings is 1. The van der Waals surface area contributed by atoms with Crippen LogP contribution in [0, 0.1) is 5.82 Å². The molecule has 0 aliphatic heterocycles. The van der Waals surface area contributed by atoms with Gasteiger partial charge in [-0.25, -0.2) is 14.2 Å². The summed E-state index contributed by atoms with van der Waals surface area (Å²) in [6.45, 7) is 3.60. The summed E-state index contributed by atoms with van der Waals surface area (Å²) in [7, 11) is 1.23. The van der Waals surface area contributed by atoms with Crippen molar-refractivity contribution in [3.8, 4) is 0 Å². The third-order valence-corrected chi connectivity index (χ3v) is 3.24. The van der Waals surface area contributed by atoms with Crippen molar-refractivity contribution in [2.45, 2.75) is 26.4 Å². The molecule has 23 heavy (non-hydrogen) atoms. The summed E-state index contributed by atoms with van der Waals surface area (Å²) >= 11 is 0. The molecule has 1 aromatic carbocycles. The summed E-state index contributed by atoms with van der Waals surface area (Å²) in [4.78, 5) is 29.3. The molecule has 0 fully saturated rings. The summed E-state index contributed by atoms with van der Waals surface area (Å²) in [5.74, 6) is -1.53. The number of methoxy groups -OCH3 is 1. The van der Waals surface area contributed by atoms with Crippen molar-refractivity contribution in [3.05, 3.63) is 53.5 Å². The van der Waals surface area contributed by atoms with Crippen molar-refractivity contribution < 1.29 is 23.1 Å². The van der Waals surface area contributed by atoms with Crippen molar-refractivity contribution in [1.82, 2.24) is 9.88 Å². The highest BCUT2D eigenvalue weighted by Gasteiger charge is 2.24. The zero-order chi connectivity index (χ0) is 17.0. The second kappa shape index (κ2) is 7.04. The van der Waals surface area contributed by atoms with Crippen LogP contribution in [0.4, 0.5) is 4.39 Å². The summed E-state index contributed by atoms with van der Waals surface area (Å²) in [5.41, 5.74) is -0.00880. The molecule has 7 heteroatoms. The standard InChI is InChI=1S/C16H17FN2O4/c1-10(2)19(15(20)11-6-4-5-7-12(11)17)8-14-18-13(9-23-14)16(21)22-3/h4-7,9-10H,8H2,1-3H3. The summed E-state index contributed by atoms with van der Waals surface area (Å²) in [5, 5.41) is 0. The van der Waals surface area contributed by atoms with Gasteiger partial charge in [0.1, 0.15) is 12.1 Å². The Labute approximate surface area is 132 Å². The minimum absolute atomic E-state index is 0.0157. The maximum atomic E-state index is 13.8. The molecule has 0 aliphatic carbocycles. The zero-order valence-corrected chi connectivity index (χ0v) is 13.1. The SMILES string of the molecule is COC(=O)c1coc(CN(C(=O)c2ccccc2F)C(C)C)n1. The predicted octanol–water partition coefficient (Wildman–Crippen LogP) is 2.65. The number of ether oxygens (including phenoxy) is 1. The van der Waals surface area contributed by atoms with Crippen molar-refractivity contribution >= 4 is 11.9 Å². The van der Waals surface area contributed by atoms with Crippen LogP contribution in [0.5, 0.6) is 0 Å². The Morgan fingerprint density at radius 2 is 2.04 bits per heavy atom. The van der Waals surface area contributed by atoms with E-state index in [2.05, 4.69) is 9.72 Å². The van der Waals surface area contributed by atoms with Crippen molar-refractivity contribution in [2.24, 2.45) is 0 Å². The molecule has 0 aliphatic rings. The van der Waals surface area contributed by atoms with E-state index in [-0.39, 0.29) is 29.7 Å². The number of carbonyl (C=O) groups excluding carboxylic acids is 2. The number of nitrogens with zero attached hydrogens (tertiary/aromatic N) is 2. The lowest BCUT2D eigenvalue weighted by atomic mass is 10.1. The van der Waals surface area contributed by atoms with E-state index in [9.17, 15) is 14.0 Å². The minimum Gasteiger partial charge on any atom is -0.464 e. The fourth-order valence-electron chi connectivity index (χ4n) is 2.01. The van der Waals surface area contributed by atoms with Crippen LogP contribution in [0.2, 0.25) is 0 Å². The van der Waals surface area contributed by atoms with Crippen LogP contribution in [-0.2, 0) is 11.3 Å². The highest BCUT2D eigenvalue weighted by atomic mass is 19.1. The van der Waals surface area contributed by atoms with Gasteiger partial charge >= 0.3 is 5.97 Å². The first-order valence-electron chi connectivity index (χ1n) is 7.02. The van der Waals surface area contributed by atoms with E-state index in [1.54, 1.807) is 19.9 Å². The Bertz CT molecular complexity index is 712. The van der Waals surface area contributed by atoms with Crippen LogP contribution in [-0.4, -0.2) is 34.9 Å². The molecule has 0 unspecified atom stereocenters. The molecule has 0 saturated carbocycles. The second-order valence-corrected chi connectivity index (χ2v) is 5.12. The maximum absolute atomic E-state index is 13.8. The topological polar surface area (TPSA) is 72.6 Å². The van der Waals surface area contributed by atoms with Gasteiger partial charge in [-0.05, 0) is 26.0 Å². The number of carbonyl (C=O) groups is 2. The molecule has 2 rings (SSSR count). The van der Waals surface area contributed by atoms with Crippen LogP contribution in [0.25, 0.3) is 0 Å². The molecule has 0 radical (unpaired) electrons. The van der Waals surface area contributed by atoms with E-state index in [1.807, 2.05) is 0 Å². The molecule has 0 spiro atoms. The molecule has 1 amide bonds. The van der Waals surface area contributed by atoms with Gasteiger partial charge in [-0.15, -0.1) is 0 Å². The Balaban J connectivity index is 2.22. The third kappa shape index (κ3) is 3.74. The van der Waals surface area contributed by atoms with Gasteiger partial charge in [-0.3, -0.25) is 4.79 Å². The molecule has 2 aromatic rings. The lowest BCUT2D eigenvalue weighted by molar-refractivity contribution is 0.0593. The highest BCUT2D eigenvalue weighted by Crippen LogP contribution is 2.16. The van der Waals surface area contributed by atoms with Crippen LogP contribution in [0.15, 0.2) is 34.9 Å². The van der Waals surface area contributed by atoms with Gasteiger partial charge in [0.05, 0.1) is 19.2 Å². The van der Waals surface area contributed by atoms with Crippen molar-refractivity contribution in [1.29, 1.82) is 0 Å². The fraction of sp³-hybridized carbons (Fsp3) is 0.312. The molecule has 122 valence electrons. The molecule has 0 N–H and O–H groups in total. The average Bonchev–Trinajstić information content (AvgIpc) is 3.00. The molecular formula is C16H17FN2O4. The van der Waals surface area contributed by atoms with E-state index < -0.39 is 17.7 Å². The van der Waals surface area contributed by atoms with Gasteiger partial charge in [0.25, 0.3) is 5.91 Å². The first kappa shape index (κ1) is 16.7. The fourth-order valence-corrected chi connectivity index (χ4v) is 2.01. The number of hydrogen-bond acceptors (Lipinski definition) is 5. The van der Waals surface area contributed by atoms with Crippen LogP contribution >= 0.6 is 0 Å². The van der Waals surface area contributed by atoms with E-state index in [0.29, 0.717) is 0 Å². The van der Waals surface area contributed by atoms with Crippen LogP contribution < -0.4 is 0 Å². The number of hydrogen-bond donors (Lipinski definition) is 0. The molecule has 1 aromatic heterocycles. The van der Waals surface area contributed by atoms with Crippen LogP contribution in [0.3, 0.4) is 0 Å². The molecule has 0 atom stereocenters. The Kier molecular flexibility index (Phi) is 5.10. The number of esters is 1. The molecular weight excluding hydrogens is 303 g/mol. The van der Waals surface area contributed by atoms with E-state index >= 15 is 0 Å². The van der Waals surface area contributed by atoms with E-state index in [4.69, 9.17) is 4.42 Å². The second-order valence-electron chi connectivity index (χ2n) is 5.12. The smallest absolute Gasteiger partial charge is 0.360 e. The third-order valence-electron chi connectivity index (χ3n) is 3.24. The largest absolute Gasteiger partial charge is 0.464 e. The molecule has 0 saturated heterocycles. The lowest BCUT2D eigenvalue weighted by Gasteiger charge is -2.25. The van der Waals surface area contributed by atoms with Gasteiger partial charge in [0.2, 0.25) is 5.89 Å². The Morgan fingerprint density at radius 3 is 2.65 bits per heavy atom. The first-order chi connectivity index (χ1) is 10.9. The Hall–Kier alpha value is -2.70. The molecule has 0 bridgehead atoms. The van der Waals surface area contributed by atoms with E-state index in [1.165, 1.54) is 30.2 Å². The van der Waals surface area contributed by atoms with Crippen molar-refractivity contribution in [3.63, 3.8) is 0 Å². The zero-order valence-electron chi connectivity index (χ0n) is 13.1. The van der Waals surface area contributed by atoms with E-state index in [0.717, 1.165) is 6.26 Å². The van der Waals surface area contributed by atoms with Gasteiger partial charge < -0.3 is 14.1 Å². The summed E-state index contributed by atoms with van der Waals surface area (Å²) in [6.07, 6.45) is 1.16. The molecule has 6 nitrogen and oxygen atoms in total. The quantitative estimate of drug-likeness (QED) is 0.792. The van der Waals surface area contributed by atoms with Gasteiger partial charge in [-0.1, -0.05) is 12.1 Å². The first-order valence-corrected chi connectivity index (χ1v) is 7.02. The lowest BCUT2D eigenvalue weighted by Crippen LogP contribution is -2.37. The minimum atomic E-state index is -0.628. The van der Waals surface area contributed by atoms with Crippen molar-refractivity contribution in [2.75, 3.05) is 7.11 Å². The van der Waals surface area contributed by atoms with Crippen LogP contribution in [0.1, 0.15) is 40.6 Å². The van der Waals surface area contributed by atoms with Gasteiger partial charge in [-0.2, -0.15) is 0 Å². The number of rotatable bonds is 5. The molecule has 1 heterocycles. The van der Waals surface area contributed by atoms with Gasteiger partial charge in [0, 0.05) is 6.04 Å². The number of amides is 1. The highest BCUT2D eigenvalue weighted by molar-refractivity contribution is 5.94. The summed E-state index contributed by atoms with van der Waals surface area (Å²) < 4.78 is 23.5. The monoisotopic (exact) mass is 320 g/mol. The Morgan fingerprint density at radius 1 is 1.35 bits per heavy atom. The normalized spacial score (nSPS) is 10.7.